The minimum Gasteiger partial charge on any atom is -0.497 e. The van der Waals surface area contributed by atoms with Crippen LogP contribution in [0.1, 0.15) is 38.5 Å². The van der Waals surface area contributed by atoms with E-state index in [2.05, 4.69) is 20.7 Å². The van der Waals surface area contributed by atoms with E-state index in [0.29, 0.717) is 43.1 Å². The Kier molecular flexibility index (Phi) is 9.48. The number of benzene rings is 3. The monoisotopic (exact) mass is 695 g/mol. The summed E-state index contributed by atoms with van der Waals surface area (Å²) in [6, 6.07) is 23.3. The van der Waals surface area contributed by atoms with Gasteiger partial charge in [0, 0.05) is 48.5 Å². The number of pyridine rings is 1. The van der Waals surface area contributed by atoms with E-state index in [1.807, 2.05) is 66.7 Å². The number of para-hydroxylation sites is 1. The zero-order valence-electron chi connectivity index (χ0n) is 27.9. The smallest absolute Gasteiger partial charge is 0.266 e. The Bertz CT molecular complexity index is 2040. The first kappa shape index (κ1) is 33.6. The van der Waals surface area contributed by atoms with Crippen LogP contribution in [0.3, 0.4) is 0 Å². The standard InChI is InChI=1S/C38H41N5O6S/c1-48-27-17-18-29-32(20-27)41-31(25-12-6-5-7-13-25)22-34(29)49-28-21-33(40-24-28)36(44)42-38-23-26(38)14-8-3-2-4-11-19-39-30-15-9-10-16-35(30)50(46,47)43-37(38)45/h5-10,12-18,20,22,26,28,33,39-40H,2-4,11,19,21,23-24H2,1H3,(H,42,44)(H,43,45)/b14-8-/t26-,28-,33+,38-/m1/s1. The minimum absolute atomic E-state index is 0.00704. The SMILES string of the molecule is COc1ccc2c(O[C@H]3CN[C@H](C(=O)N[C@]45C[C@H]4/C=C\CCCCCNc4ccccc4S(=O)(=O)NC5=O)C3)cc(-c3ccccc3)nc2c1. The lowest BCUT2D eigenvalue weighted by atomic mass is 10.1. The summed E-state index contributed by atoms with van der Waals surface area (Å²) in [5, 5.41) is 10.2. The van der Waals surface area contributed by atoms with Crippen LogP contribution in [-0.4, -0.2) is 63.1 Å². The molecule has 12 heteroatoms. The third-order valence-electron chi connectivity index (χ3n) is 9.65. The van der Waals surface area contributed by atoms with Crippen molar-refractivity contribution in [3.8, 4) is 22.8 Å². The van der Waals surface area contributed by atoms with Crippen LogP contribution in [0, 0.1) is 5.92 Å². The molecular formula is C38H41N5O6S. The molecule has 1 aliphatic carbocycles. The van der Waals surface area contributed by atoms with Gasteiger partial charge in [0.2, 0.25) is 5.91 Å². The quantitative estimate of drug-likeness (QED) is 0.206. The van der Waals surface area contributed by atoms with Gasteiger partial charge >= 0.3 is 0 Å². The fourth-order valence-corrected chi connectivity index (χ4v) is 8.00. The van der Waals surface area contributed by atoms with Gasteiger partial charge in [-0.1, -0.05) is 61.0 Å². The molecule has 3 heterocycles. The van der Waals surface area contributed by atoms with Crippen molar-refractivity contribution < 1.29 is 27.5 Å². The summed E-state index contributed by atoms with van der Waals surface area (Å²) in [4.78, 5) is 32.4. The van der Waals surface area contributed by atoms with Crippen LogP contribution >= 0.6 is 0 Å². The first-order valence-corrected chi connectivity index (χ1v) is 18.6. The molecule has 4 aromatic rings. The number of anilines is 1. The number of aromatic nitrogens is 1. The summed E-state index contributed by atoms with van der Waals surface area (Å²) in [7, 11) is -2.61. The zero-order chi connectivity index (χ0) is 34.7. The van der Waals surface area contributed by atoms with Crippen molar-refractivity contribution in [1.82, 2.24) is 20.3 Å². The van der Waals surface area contributed by atoms with Crippen LogP contribution in [0.5, 0.6) is 11.5 Å². The lowest BCUT2D eigenvalue weighted by Gasteiger charge is -2.22. The second kappa shape index (κ2) is 14.1. The highest BCUT2D eigenvalue weighted by Crippen LogP contribution is 2.46. The minimum atomic E-state index is -4.22. The maximum atomic E-state index is 13.8. The van der Waals surface area contributed by atoms with E-state index >= 15 is 0 Å². The summed E-state index contributed by atoms with van der Waals surface area (Å²) < 4.78 is 41.3. The van der Waals surface area contributed by atoms with Crippen LogP contribution in [0.25, 0.3) is 22.2 Å². The molecule has 3 aromatic carbocycles. The van der Waals surface area contributed by atoms with Crippen LogP contribution in [-0.2, 0) is 19.6 Å². The molecule has 2 amide bonds. The Morgan fingerprint density at radius 2 is 1.82 bits per heavy atom. The number of rotatable bonds is 6. The molecule has 1 saturated carbocycles. The van der Waals surface area contributed by atoms with Crippen LogP contribution in [0.2, 0.25) is 0 Å². The fraction of sp³-hybridized carbons (Fsp3) is 0.342. The summed E-state index contributed by atoms with van der Waals surface area (Å²) in [6.07, 6.45) is 7.93. The molecule has 0 radical (unpaired) electrons. The second-order valence-corrected chi connectivity index (χ2v) is 14.7. The van der Waals surface area contributed by atoms with Gasteiger partial charge in [0.05, 0.1) is 30.0 Å². The number of carbonyl (C=O) groups is 2. The third-order valence-corrected chi connectivity index (χ3v) is 11.0. The molecule has 260 valence electrons. The van der Waals surface area contributed by atoms with Gasteiger partial charge in [-0.05, 0) is 49.9 Å². The van der Waals surface area contributed by atoms with Crippen molar-refractivity contribution in [3.05, 3.63) is 91.0 Å². The Hall–Kier alpha value is -4.94. The van der Waals surface area contributed by atoms with E-state index in [9.17, 15) is 18.0 Å². The number of allylic oxidation sites excluding steroid dienone is 1. The van der Waals surface area contributed by atoms with Gasteiger partial charge in [0.15, 0.2) is 0 Å². The molecule has 11 nitrogen and oxygen atoms in total. The Morgan fingerprint density at radius 3 is 2.66 bits per heavy atom. The summed E-state index contributed by atoms with van der Waals surface area (Å²) >= 11 is 0. The van der Waals surface area contributed by atoms with Gasteiger partial charge in [0.1, 0.15) is 28.0 Å². The normalized spacial score (nSPS) is 25.4. The number of sulfonamides is 1. The van der Waals surface area contributed by atoms with Gasteiger partial charge < -0.3 is 25.4 Å². The first-order valence-electron chi connectivity index (χ1n) is 17.1. The molecule has 3 aliphatic rings. The molecule has 7 rings (SSSR count). The number of hydrogen-bond donors (Lipinski definition) is 4. The van der Waals surface area contributed by atoms with Crippen molar-refractivity contribution in [1.29, 1.82) is 0 Å². The number of amides is 2. The maximum absolute atomic E-state index is 13.8. The van der Waals surface area contributed by atoms with Crippen molar-refractivity contribution in [3.63, 3.8) is 0 Å². The number of fused-ring (bicyclic) bond motifs is 3. The molecule has 4 atom stereocenters. The lowest BCUT2D eigenvalue weighted by Crippen LogP contribution is -2.55. The van der Waals surface area contributed by atoms with Crippen LogP contribution in [0.4, 0.5) is 5.69 Å². The summed E-state index contributed by atoms with van der Waals surface area (Å²) in [5.74, 6) is -0.141. The summed E-state index contributed by atoms with van der Waals surface area (Å²) in [6.45, 7) is 1.02. The third kappa shape index (κ3) is 7.03. The zero-order valence-corrected chi connectivity index (χ0v) is 28.7. The van der Waals surface area contributed by atoms with E-state index in [-0.39, 0.29) is 22.8 Å². The highest BCUT2D eigenvalue weighted by Gasteiger charge is 2.61. The Labute approximate surface area is 291 Å². The predicted molar refractivity (Wildman–Crippen MR) is 191 cm³/mol. The van der Waals surface area contributed by atoms with Crippen LogP contribution < -0.4 is 30.1 Å². The molecule has 4 N–H and O–H groups in total. The van der Waals surface area contributed by atoms with Gasteiger partial charge in [-0.2, -0.15) is 0 Å². The van der Waals surface area contributed by atoms with E-state index in [1.54, 1.807) is 25.3 Å². The maximum Gasteiger partial charge on any atom is 0.266 e. The van der Waals surface area contributed by atoms with Crippen LogP contribution in [0.15, 0.2) is 95.9 Å². The van der Waals surface area contributed by atoms with E-state index < -0.39 is 27.5 Å². The van der Waals surface area contributed by atoms with E-state index in [1.165, 1.54) is 6.07 Å². The Balaban J connectivity index is 1.09. The molecular weight excluding hydrogens is 655 g/mol. The molecule has 50 heavy (non-hydrogen) atoms. The molecule has 2 aliphatic heterocycles. The largest absolute Gasteiger partial charge is 0.497 e. The van der Waals surface area contributed by atoms with E-state index in [0.717, 1.165) is 47.8 Å². The van der Waals surface area contributed by atoms with Gasteiger partial charge in [-0.15, -0.1) is 0 Å². The van der Waals surface area contributed by atoms with E-state index in [4.69, 9.17) is 14.5 Å². The number of ether oxygens (including phenoxy) is 2. The number of nitrogens with one attached hydrogen (secondary N) is 4. The lowest BCUT2D eigenvalue weighted by molar-refractivity contribution is -0.130. The fourth-order valence-electron chi connectivity index (χ4n) is 6.78. The average Bonchev–Trinajstić information content (AvgIpc) is 3.62. The van der Waals surface area contributed by atoms with Gasteiger partial charge in [-0.3, -0.25) is 9.59 Å². The molecule has 1 saturated heterocycles. The first-order chi connectivity index (χ1) is 24.3. The summed E-state index contributed by atoms with van der Waals surface area (Å²) in [5.41, 5.74) is 1.46. The molecule has 1 aromatic heterocycles. The number of methoxy groups -OCH3 is 1. The molecule has 0 bridgehead atoms. The highest BCUT2D eigenvalue weighted by atomic mass is 32.2. The van der Waals surface area contributed by atoms with Gasteiger partial charge in [-0.25, -0.2) is 18.1 Å². The molecule has 2 fully saturated rings. The highest BCUT2D eigenvalue weighted by molar-refractivity contribution is 7.90. The van der Waals surface area contributed by atoms with Crippen molar-refractivity contribution in [2.75, 3.05) is 25.5 Å². The average molecular weight is 696 g/mol. The van der Waals surface area contributed by atoms with Gasteiger partial charge in [0.25, 0.3) is 15.9 Å². The second-order valence-electron chi connectivity index (χ2n) is 13.1. The Morgan fingerprint density at radius 1 is 1.00 bits per heavy atom. The van der Waals surface area contributed by atoms with Crippen molar-refractivity contribution in [2.24, 2.45) is 5.92 Å². The van der Waals surface area contributed by atoms with Crippen molar-refractivity contribution >= 4 is 38.4 Å². The number of hydrogen-bond acceptors (Lipinski definition) is 9. The molecule has 0 unspecified atom stereocenters. The van der Waals surface area contributed by atoms with Crippen molar-refractivity contribution in [2.45, 2.75) is 61.1 Å². The molecule has 0 spiro atoms. The topological polar surface area (TPSA) is 148 Å². The number of nitrogens with zero attached hydrogens (tertiary/aromatic N) is 1. The number of carbonyl (C=O) groups excluding carboxylic acids is 2. The predicted octanol–water partition coefficient (Wildman–Crippen LogP) is 4.94.